The van der Waals surface area contributed by atoms with Gasteiger partial charge in [-0.2, -0.15) is 0 Å². The quantitative estimate of drug-likeness (QED) is 0.416. The maximum absolute atomic E-state index is 13.8. The largest absolute Gasteiger partial charge is 0.497 e. The lowest BCUT2D eigenvalue weighted by molar-refractivity contribution is 0.299. The van der Waals surface area contributed by atoms with Gasteiger partial charge in [0, 0.05) is 17.7 Å². The van der Waals surface area contributed by atoms with E-state index in [-0.39, 0.29) is 23.6 Å². The van der Waals surface area contributed by atoms with Crippen molar-refractivity contribution in [1.29, 1.82) is 0 Å². The highest BCUT2D eigenvalue weighted by Gasteiger charge is 2.15. The van der Waals surface area contributed by atoms with Crippen molar-refractivity contribution in [3.05, 3.63) is 94.1 Å². The maximum Gasteiger partial charge on any atom is 0.235 e. The van der Waals surface area contributed by atoms with Gasteiger partial charge in [0.1, 0.15) is 41.0 Å². The third-order valence-electron chi connectivity index (χ3n) is 4.60. The van der Waals surface area contributed by atoms with Crippen LogP contribution in [0.15, 0.2) is 75.9 Å². The summed E-state index contributed by atoms with van der Waals surface area (Å²) in [5, 5.41) is 0.358. The summed E-state index contributed by atoms with van der Waals surface area (Å²) in [4.78, 5) is 12.9. The average molecular weight is 406 g/mol. The van der Waals surface area contributed by atoms with Crippen LogP contribution >= 0.6 is 0 Å². The molecule has 0 aliphatic rings. The molecule has 4 rings (SSSR count). The molecule has 1 heterocycles. The molecule has 0 bridgehead atoms. The van der Waals surface area contributed by atoms with E-state index in [4.69, 9.17) is 18.6 Å². The Balaban J connectivity index is 1.62. The molecule has 4 aromatic rings. The summed E-state index contributed by atoms with van der Waals surface area (Å²) in [7, 11) is 1.56. The van der Waals surface area contributed by atoms with Crippen LogP contribution in [0.1, 0.15) is 11.3 Å². The van der Waals surface area contributed by atoms with Crippen molar-refractivity contribution in [3.8, 4) is 23.0 Å². The number of hydrogen-bond acceptors (Lipinski definition) is 5. The summed E-state index contributed by atoms with van der Waals surface area (Å²) in [6, 6.07) is 18.2. The zero-order valence-corrected chi connectivity index (χ0v) is 16.5. The number of benzene rings is 3. The zero-order valence-electron chi connectivity index (χ0n) is 16.5. The number of ether oxygens (including phenoxy) is 3. The van der Waals surface area contributed by atoms with Gasteiger partial charge in [-0.3, -0.25) is 4.79 Å². The molecule has 0 aliphatic carbocycles. The predicted molar refractivity (Wildman–Crippen MR) is 111 cm³/mol. The van der Waals surface area contributed by atoms with E-state index in [0.29, 0.717) is 39.5 Å². The summed E-state index contributed by atoms with van der Waals surface area (Å²) in [5.74, 6) is 1.66. The van der Waals surface area contributed by atoms with Crippen molar-refractivity contribution in [1.82, 2.24) is 0 Å². The number of fused-ring (bicyclic) bond motifs is 1. The first-order valence-electron chi connectivity index (χ1n) is 9.31. The van der Waals surface area contributed by atoms with Gasteiger partial charge < -0.3 is 18.6 Å². The van der Waals surface area contributed by atoms with Gasteiger partial charge in [-0.1, -0.05) is 24.3 Å². The monoisotopic (exact) mass is 406 g/mol. The Kier molecular flexibility index (Phi) is 5.39. The van der Waals surface area contributed by atoms with Gasteiger partial charge in [-0.15, -0.1) is 0 Å². The minimum atomic E-state index is -0.333. The van der Waals surface area contributed by atoms with E-state index >= 15 is 0 Å². The van der Waals surface area contributed by atoms with Crippen LogP contribution in [-0.4, -0.2) is 7.11 Å². The molecule has 0 fully saturated rings. The van der Waals surface area contributed by atoms with Gasteiger partial charge in [-0.25, -0.2) is 4.39 Å². The first-order chi connectivity index (χ1) is 14.5. The molecule has 5 nitrogen and oxygen atoms in total. The Morgan fingerprint density at radius 1 is 0.933 bits per heavy atom. The highest BCUT2D eigenvalue weighted by Crippen LogP contribution is 2.29. The fraction of sp³-hybridized carbons (Fsp3) is 0.125. The summed E-state index contributed by atoms with van der Waals surface area (Å²) in [5.41, 5.74) is 0.510. The van der Waals surface area contributed by atoms with E-state index in [1.54, 1.807) is 74.7 Å². The van der Waals surface area contributed by atoms with Gasteiger partial charge >= 0.3 is 0 Å². The lowest BCUT2D eigenvalue weighted by atomic mass is 10.2. The lowest BCUT2D eigenvalue weighted by Gasteiger charge is -2.11. The molecule has 1 aromatic heterocycles. The highest BCUT2D eigenvalue weighted by atomic mass is 19.1. The molecule has 0 atom stereocenters. The fourth-order valence-corrected chi connectivity index (χ4v) is 3.04. The van der Waals surface area contributed by atoms with E-state index in [0.717, 1.165) is 0 Å². The molecule has 152 valence electrons. The number of rotatable bonds is 6. The van der Waals surface area contributed by atoms with Crippen molar-refractivity contribution in [2.75, 3.05) is 7.11 Å². The summed E-state index contributed by atoms with van der Waals surface area (Å²) >= 11 is 0. The Labute approximate surface area is 172 Å². The summed E-state index contributed by atoms with van der Waals surface area (Å²) in [6.07, 6.45) is 0. The standard InChI is InChI=1S/C24H19FO5/c1-15-24(30-19-8-5-7-17(12-19)27-2)23(26)20-11-10-18(13-22(20)29-15)28-14-16-6-3-4-9-21(16)25/h3-13H,14H2,1-2H3. The van der Waals surface area contributed by atoms with Crippen LogP contribution in [0.5, 0.6) is 23.0 Å². The van der Waals surface area contributed by atoms with Crippen molar-refractivity contribution >= 4 is 11.0 Å². The third-order valence-corrected chi connectivity index (χ3v) is 4.60. The first-order valence-corrected chi connectivity index (χ1v) is 9.31. The molecule has 0 saturated carbocycles. The van der Waals surface area contributed by atoms with Crippen LogP contribution in [0.4, 0.5) is 4.39 Å². The summed E-state index contributed by atoms with van der Waals surface area (Å²) in [6.45, 7) is 1.72. The van der Waals surface area contributed by atoms with Crippen LogP contribution in [0.25, 0.3) is 11.0 Å². The Morgan fingerprint density at radius 3 is 2.53 bits per heavy atom. The van der Waals surface area contributed by atoms with E-state index in [9.17, 15) is 9.18 Å². The topological polar surface area (TPSA) is 57.9 Å². The van der Waals surface area contributed by atoms with Crippen molar-refractivity contribution in [2.24, 2.45) is 0 Å². The lowest BCUT2D eigenvalue weighted by Crippen LogP contribution is -2.07. The SMILES string of the molecule is COc1cccc(Oc2c(C)oc3cc(OCc4ccccc4F)ccc3c2=O)c1. The van der Waals surface area contributed by atoms with E-state index in [2.05, 4.69) is 0 Å². The molecule has 30 heavy (non-hydrogen) atoms. The van der Waals surface area contributed by atoms with Crippen molar-refractivity contribution < 1.29 is 23.0 Å². The fourth-order valence-electron chi connectivity index (χ4n) is 3.04. The second kappa shape index (κ2) is 8.29. The van der Waals surface area contributed by atoms with E-state index in [1.165, 1.54) is 6.07 Å². The number of methoxy groups -OCH3 is 1. The predicted octanol–water partition coefficient (Wildman–Crippen LogP) is 5.62. The van der Waals surface area contributed by atoms with Gasteiger partial charge in [0.05, 0.1) is 12.5 Å². The number of aryl methyl sites for hydroxylation is 1. The Bertz CT molecular complexity index is 1260. The van der Waals surface area contributed by atoms with E-state index in [1.807, 2.05) is 0 Å². The van der Waals surface area contributed by atoms with Crippen molar-refractivity contribution in [2.45, 2.75) is 13.5 Å². The minimum Gasteiger partial charge on any atom is -0.497 e. The smallest absolute Gasteiger partial charge is 0.235 e. The maximum atomic E-state index is 13.8. The van der Waals surface area contributed by atoms with Crippen LogP contribution in [0, 0.1) is 12.7 Å². The Hall–Kier alpha value is -3.80. The molecule has 0 spiro atoms. The molecule has 0 aliphatic heterocycles. The highest BCUT2D eigenvalue weighted by molar-refractivity contribution is 5.79. The molecule has 3 aromatic carbocycles. The molecule has 0 radical (unpaired) electrons. The molecular weight excluding hydrogens is 387 g/mol. The zero-order chi connectivity index (χ0) is 21.1. The van der Waals surface area contributed by atoms with Crippen LogP contribution in [0.2, 0.25) is 0 Å². The van der Waals surface area contributed by atoms with Gasteiger partial charge in [0.2, 0.25) is 11.2 Å². The molecule has 0 N–H and O–H groups in total. The third kappa shape index (κ3) is 3.98. The molecule has 0 unspecified atom stereocenters. The van der Waals surface area contributed by atoms with Crippen LogP contribution < -0.4 is 19.6 Å². The summed E-state index contributed by atoms with van der Waals surface area (Å²) < 4.78 is 36.2. The van der Waals surface area contributed by atoms with Crippen molar-refractivity contribution in [3.63, 3.8) is 0 Å². The molecule has 0 saturated heterocycles. The van der Waals surface area contributed by atoms with Gasteiger partial charge in [0.15, 0.2) is 0 Å². The van der Waals surface area contributed by atoms with E-state index < -0.39 is 0 Å². The molecular formula is C24H19FO5. The normalized spacial score (nSPS) is 10.8. The molecule has 0 amide bonds. The first kappa shape index (κ1) is 19.5. The second-order valence-electron chi connectivity index (χ2n) is 6.64. The molecule has 6 heteroatoms. The van der Waals surface area contributed by atoms with Gasteiger partial charge in [0.25, 0.3) is 0 Å². The minimum absolute atomic E-state index is 0.0679. The van der Waals surface area contributed by atoms with Crippen LogP contribution in [0.3, 0.4) is 0 Å². The van der Waals surface area contributed by atoms with Crippen LogP contribution in [-0.2, 0) is 6.61 Å². The second-order valence-corrected chi connectivity index (χ2v) is 6.64. The number of hydrogen-bond donors (Lipinski definition) is 0. The Morgan fingerprint density at radius 2 is 1.73 bits per heavy atom. The number of halogens is 1. The average Bonchev–Trinajstić information content (AvgIpc) is 2.76. The van der Waals surface area contributed by atoms with Gasteiger partial charge in [-0.05, 0) is 37.3 Å².